The average molecular weight is 146 g/mol. The van der Waals surface area contributed by atoms with E-state index >= 15 is 0 Å². The Hall–Kier alpha value is -0.220. The summed E-state index contributed by atoms with van der Waals surface area (Å²) in [5.74, 6) is 1.02. The molecule has 0 aliphatic carbocycles. The van der Waals surface area contributed by atoms with Gasteiger partial charge in [-0.15, -0.1) is 0 Å². The molecule has 1 aliphatic rings. The average Bonchev–Trinajstić information content (AvgIpc) is 1.88. The normalized spacial score (nSPS) is 27.7. The molecule has 1 rings (SSSR count). The van der Waals surface area contributed by atoms with Crippen LogP contribution in [0.15, 0.2) is 4.99 Å². The summed E-state index contributed by atoms with van der Waals surface area (Å²) in [6, 6.07) is 0. The summed E-state index contributed by atoms with van der Waals surface area (Å²) in [4.78, 5) is 4.04. The molecule has 1 heterocycles. The summed E-state index contributed by atoms with van der Waals surface area (Å²) >= 11 is 1.58. The zero-order valence-electron chi connectivity index (χ0n) is 5.33. The number of aliphatic imine (C=N–C) groups is 1. The molecule has 1 atom stereocenters. The SMILES string of the molecule is COC1CCSC(N)=N1. The number of ether oxygens (including phenoxy) is 1. The summed E-state index contributed by atoms with van der Waals surface area (Å²) < 4.78 is 4.98. The van der Waals surface area contributed by atoms with Crippen LogP contribution in [0.2, 0.25) is 0 Å². The van der Waals surface area contributed by atoms with E-state index in [-0.39, 0.29) is 6.23 Å². The lowest BCUT2D eigenvalue weighted by Gasteiger charge is -2.15. The lowest BCUT2D eigenvalue weighted by atomic mass is 10.4. The Morgan fingerprint density at radius 2 is 2.67 bits per heavy atom. The van der Waals surface area contributed by atoms with E-state index in [0.717, 1.165) is 12.2 Å². The minimum Gasteiger partial charge on any atom is -0.378 e. The van der Waals surface area contributed by atoms with Crippen molar-refractivity contribution in [3.8, 4) is 0 Å². The van der Waals surface area contributed by atoms with Gasteiger partial charge in [-0.1, -0.05) is 11.8 Å². The van der Waals surface area contributed by atoms with Crippen molar-refractivity contribution in [3.63, 3.8) is 0 Å². The molecule has 4 heteroatoms. The van der Waals surface area contributed by atoms with E-state index in [2.05, 4.69) is 4.99 Å². The minimum absolute atomic E-state index is 0.00579. The van der Waals surface area contributed by atoms with Crippen LogP contribution in [0.1, 0.15) is 6.42 Å². The van der Waals surface area contributed by atoms with Gasteiger partial charge < -0.3 is 10.5 Å². The van der Waals surface area contributed by atoms with Crippen LogP contribution in [0.25, 0.3) is 0 Å². The highest BCUT2D eigenvalue weighted by Gasteiger charge is 2.11. The number of nitrogens with two attached hydrogens (primary N) is 1. The molecule has 0 radical (unpaired) electrons. The van der Waals surface area contributed by atoms with E-state index in [9.17, 15) is 0 Å². The molecule has 0 saturated carbocycles. The Bertz CT molecular complexity index is 126. The molecule has 0 aromatic carbocycles. The number of methoxy groups -OCH3 is 1. The number of amidine groups is 1. The molecule has 0 bridgehead atoms. The third-order valence-corrected chi connectivity index (χ3v) is 2.00. The number of rotatable bonds is 1. The fourth-order valence-corrected chi connectivity index (χ4v) is 1.40. The fourth-order valence-electron chi connectivity index (χ4n) is 0.679. The van der Waals surface area contributed by atoms with Crippen LogP contribution in [0.3, 0.4) is 0 Å². The monoisotopic (exact) mass is 146 g/mol. The van der Waals surface area contributed by atoms with Gasteiger partial charge in [0.1, 0.15) is 0 Å². The molecule has 2 N–H and O–H groups in total. The maximum Gasteiger partial charge on any atom is 0.156 e. The van der Waals surface area contributed by atoms with E-state index in [1.807, 2.05) is 0 Å². The van der Waals surface area contributed by atoms with Crippen molar-refractivity contribution in [2.24, 2.45) is 10.7 Å². The van der Waals surface area contributed by atoms with E-state index in [0.29, 0.717) is 5.17 Å². The van der Waals surface area contributed by atoms with E-state index in [1.165, 1.54) is 0 Å². The lowest BCUT2D eigenvalue weighted by molar-refractivity contribution is 0.108. The quantitative estimate of drug-likeness (QED) is 0.583. The van der Waals surface area contributed by atoms with Gasteiger partial charge in [0.2, 0.25) is 0 Å². The zero-order valence-corrected chi connectivity index (χ0v) is 6.15. The van der Waals surface area contributed by atoms with Crippen LogP contribution >= 0.6 is 11.8 Å². The Morgan fingerprint density at radius 1 is 1.89 bits per heavy atom. The highest BCUT2D eigenvalue weighted by Crippen LogP contribution is 2.14. The van der Waals surface area contributed by atoms with Crippen molar-refractivity contribution >= 4 is 16.9 Å². The second kappa shape index (κ2) is 3.08. The predicted molar refractivity (Wildman–Crippen MR) is 39.5 cm³/mol. The third kappa shape index (κ3) is 1.87. The number of nitrogens with zero attached hydrogens (tertiary/aromatic N) is 1. The molecule has 1 unspecified atom stereocenters. The first-order valence-electron chi connectivity index (χ1n) is 2.82. The van der Waals surface area contributed by atoms with Crippen LogP contribution in [-0.4, -0.2) is 24.3 Å². The molecule has 0 aromatic rings. The van der Waals surface area contributed by atoms with Gasteiger partial charge in [0, 0.05) is 19.3 Å². The van der Waals surface area contributed by atoms with Gasteiger partial charge in [0.05, 0.1) is 0 Å². The molecule has 3 nitrogen and oxygen atoms in total. The minimum atomic E-state index is 0.00579. The Balaban J connectivity index is 2.47. The first-order chi connectivity index (χ1) is 4.33. The Morgan fingerprint density at radius 3 is 3.11 bits per heavy atom. The standard InChI is InChI=1S/C5H10N2OS/c1-8-4-2-3-9-5(6)7-4/h4H,2-3H2,1H3,(H2,6,7). The van der Waals surface area contributed by atoms with Gasteiger partial charge in [-0.25, -0.2) is 4.99 Å². The van der Waals surface area contributed by atoms with Gasteiger partial charge in [0.15, 0.2) is 11.4 Å². The molecule has 0 aromatic heterocycles. The maximum atomic E-state index is 5.43. The van der Waals surface area contributed by atoms with Crippen molar-refractivity contribution < 1.29 is 4.74 Å². The molecule has 0 spiro atoms. The summed E-state index contributed by atoms with van der Waals surface area (Å²) in [6.07, 6.45) is 0.980. The van der Waals surface area contributed by atoms with Gasteiger partial charge in [-0.2, -0.15) is 0 Å². The van der Waals surface area contributed by atoms with Crippen LogP contribution in [0.5, 0.6) is 0 Å². The third-order valence-electron chi connectivity index (χ3n) is 1.16. The molecule has 9 heavy (non-hydrogen) atoms. The molecule has 0 amide bonds. The topological polar surface area (TPSA) is 47.6 Å². The first-order valence-corrected chi connectivity index (χ1v) is 3.80. The van der Waals surface area contributed by atoms with Gasteiger partial charge in [-0.3, -0.25) is 0 Å². The Labute approximate surface area is 58.7 Å². The van der Waals surface area contributed by atoms with Crippen LogP contribution in [0, 0.1) is 0 Å². The fraction of sp³-hybridized carbons (Fsp3) is 0.800. The van der Waals surface area contributed by atoms with E-state index in [1.54, 1.807) is 18.9 Å². The van der Waals surface area contributed by atoms with Gasteiger partial charge in [0.25, 0.3) is 0 Å². The number of hydrogen-bond donors (Lipinski definition) is 1. The van der Waals surface area contributed by atoms with Crippen LogP contribution in [-0.2, 0) is 4.74 Å². The molecule has 52 valence electrons. The molecular weight excluding hydrogens is 136 g/mol. The van der Waals surface area contributed by atoms with Crippen molar-refractivity contribution in [1.82, 2.24) is 0 Å². The number of thioether (sulfide) groups is 1. The highest BCUT2D eigenvalue weighted by atomic mass is 32.2. The highest BCUT2D eigenvalue weighted by molar-refractivity contribution is 8.13. The zero-order chi connectivity index (χ0) is 6.69. The number of hydrogen-bond acceptors (Lipinski definition) is 4. The molecule has 0 saturated heterocycles. The lowest BCUT2D eigenvalue weighted by Crippen LogP contribution is -2.21. The van der Waals surface area contributed by atoms with Crippen LogP contribution < -0.4 is 5.73 Å². The Kier molecular flexibility index (Phi) is 2.36. The summed E-state index contributed by atoms with van der Waals surface area (Å²) in [7, 11) is 1.65. The molecular formula is C5H10N2OS. The largest absolute Gasteiger partial charge is 0.378 e. The van der Waals surface area contributed by atoms with Crippen molar-refractivity contribution in [1.29, 1.82) is 0 Å². The van der Waals surface area contributed by atoms with Crippen LogP contribution in [0.4, 0.5) is 0 Å². The molecule has 1 aliphatic heterocycles. The predicted octanol–water partition coefficient (Wildman–Crippen LogP) is 0.411. The van der Waals surface area contributed by atoms with E-state index < -0.39 is 0 Å². The molecule has 0 fully saturated rings. The van der Waals surface area contributed by atoms with E-state index in [4.69, 9.17) is 10.5 Å². The van der Waals surface area contributed by atoms with Crippen molar-refractivity contribution in [3.05, 3.63) is 0 Å². The summed E-state index contributed by atoms with van der Waals surface area (Å²) in [5.41, 5.74) is 5.43. The summed E-state index contributed by atoms with van der Waals surface area (Å²) in [5, 5.41) is 0.646. The van der Waals surface area contributed by atoms with Crippen molar-refractivity contribution in [2.45, 2.75) is 12.6 Å². The second-order valence-electron chi connectivity index (χ2n) is 1.79. The second-order valence-corrected chi connectivity index (χ2v) is 2.91. The maximum absolute atomic E-state index is 5.43. The van der Waals surface area contributed by atoms with Gasteiger partial charge in [-0.05, 0) is 0 Å². The smallest absolute Gasteiger partial charge is 0.156 e. The van der Waals surface area contributed by atoms with Crippen molar-refractivity contribution in [2.75, 3.05) is 12.9 Å². The first kappa shape index (κ1) is 6.89. The summed E-state index contributed by atoms with van der Waals surface area (Å²) in [6.45, 7) is 0. The van der Waals surface area contributed by atoms with Gasteiger partial charge >= 0.3 is 0 Å².